The van der Waals surface area contributed by atoms with Crippen molar-refractivity contribution in [2.75, 3.05) is 0 Å². The van der Waals surface area contributed by atoms with Crippen LogP contribution in [0, 0.1) is 0 Å². The minimum absolute atomic E-state index is 0.618. The predicted molar refractivity (Wildman–Crippen MR) is 38.5 cm³/mol. The minimum Gasteiger partial charge on any atom is -0.383 e. The third-order valence-corrected chi connectivity index (χ3v) is 2.45. The summed E-state index contributed by atoms with van der Waals surface area (Å²) in [7, 11) is -6.10. The van der Waals surface area contributed by atoms with Gasteiger partial charge in [0.2, 0.25) is 0 Å². The Bertz CT molecular complexity index is 428. The van der Waals surface area contributed by atoms with Crippen molar-refractivity contribution < 1.29 is 40.6 Å². The van der Waals surface area contributed by atoms with Gasteiger partial charge in [0.05, 0.1) is 6.42 Å². The fourth-order valence-corrected chi connectivity index (χ4v) is 1.25. The zero-order valence-electron chi connectivity index (χ0n) is 7.26. The van der Waals surface area contributed by atoms with Crippen molar-refractivity contribution in [1.82, 2.24) is 5.06 Å². The first-order valence-corrected chi connectivity index (χ1v) is 5.03. The molecule has 0 aromatic carbocycles. The van der Waals surface area contributed by atoms with E-state index >= 15 is 0 Å². The third kappa shape index (κ3) is 2.15. The summed E-state index contributed by atoms with van der Waals surface area (Å²) >= 11 is 0. The lowest BCUT2D eigenvalue weighted by Gasteiger charge is -2.14. The summed E-state index contributed by atoms with van der Waals surface area (Å²) in [4.78, 5) is 21.6. The number of halogens is 3. The highest BCUT2D eigenvalue weighted by atomic mass is 32.2. The maximum atomic E-state index is 11.8. The molecule has 0 saturated carbocycles. The van der Waals surface area contributed by atoms with Gasteiger partial charge in [0.25, 0.3) is 11.8 Å². The quantitative estimate of drug-likeness (QED) is 0.500. The summed E-state index contributed by atoms with van der Waals surface area (Å²) in [5.74, 6) is -2.93. The van der Waals surface area contributed by atoms with Crippen LogP contribution in [0.4, 0.5) is 13.2 Å². The zero-order valence-corrected chi connectivity index (χ0v) is 8.08. The van der Waals surface area contributed by atoms with Crippen LogP contribution in [0.15, 0.2) is 0 Å². The number of nitrogens with zero attached hydrogens (tertiary/aromatic N) is 1. The van der Waals surface area contributed by atoms with E-state index in [0.717, 1.165) is 0 Å². The number of aliphatic hydroxyl groups excluding tert-OH is 1. The van der Waals surface area contributed by atoms with Crippen LogP contribution >= 0.6 is 0 Å². The average molecular weight is 263 g/mol. The van der Waals surface area contributed by atoms with Gasteiger partial charge in [-0.25, -0.2) is 0 Å². The summed E-state index contributed by atoms with van der Waals surface area (Å²) in [6.07, 6.45) is -2.72. The van der Waals surface area contributed by atoms with E-state index in [0.29, 0.717) is 0 Å². The second-order valence-electron chi connectivity index (χ2n) is 2.72. The number of hydrogen-bond donors (Lipinski definition) is 1. The standard InChI is InChI=1S/C5H4F3NO6S/c6-5(7,8)16(13,14)15-9-3(11)1-2(10)4(9)12/h2,10H,1H2. The molecular weight excluding hydrogens is 259 g/mol. The monoisotopic (exact) mass is 263 g/mol. The Morgan fingerprint density at radius 1 is 1.38 bits per heavy atom. The van der Waals surface area contributed by atoms with Crippen molar-refractivity contribution in [3.63, 3.8) is 0 Å². The molecule has 1 aliphatic rings. The first kappa shape index (κ1) is 12.9. The first-order valence-electron chi connectivity index (χ1n) is 3.62. The van der Waals surface area contributed by atoms with Crippen LogP contribution in [0.3, 0.4) is 0 Å². The fourth-order valence-electron chi connectivity index (χ4n) is 0.813. The molecular formula is C5H4F3NO6S. The molecule has 1 N–H and O–H groups in total. The molecule has 1 saturated heterocycles. The van der Waals surface area contributed by atoms with Crippen LogP contribution in [0.2, 0.25) is 0 Å². The molecule has 7 nitrogen and oxygen atoms in total. The van der Waals surface area contributed by atoms with Gasteiger partial charge in [-0.2, -0.15) is 21.6 Å². The van der Waals surface area contributed by atoms with Gasteiger partial charge in [-0.3, -0.25) is 9.59 Å². The number of hydrogen-bond acceptors (Lipinski definition) is 6. The molecule has 1 atom stereocenters. The molecule has 0 aromatic heterocycles. The number of carbonyl (C=O) groups is 2. The van der Waals surface area contributed by atoms with Gasteiger partial charge in [-0.05, 0) is 0 Å². The molecule has 0 aliphatic carbocycles. The Kier molecular flexibility index (Phi) is 2.96. The smallest absolute Gasteiger partial charge is 0.383 e. The summed E-state index contributed by atoms with van der Waals surface area (Å²) in [5.41, 5.74) is -5.76. The highest BCUT2D eigenvalue weighted by Gasteiger charge is 2.52. The molecule has 1 rings (SSSR count). The van der Waals surface area contributed by atoms with E-state index in [9.17, 15) is 31.2 Å². The van der Waals surface area contributed by atoms with Crippen molar-refractivity contribution in [1.29, 1.82) is 0 Å². The highest BCUT2D eigenvalue weighted by Crippen LogP contribution is 2.27. The minimum atomic E-state index is -6.10. The highest BCUT2D eigenvalue weighted by molar-refractivity contribution is 7.87. The maximum Gasteiger partial charge on any atom is 0.525 e. The summed E-state index contributed by atoms with van der Waals surface area (Å²) in [6, 6.07) is 0. The zero-order chi connectivity index (χ0) is 12.7. The van der Waals surface area contributed by atoms with E-state index in [1.807, 2.05) is 0 Å². The molecule has 0 bridgehead atoms. The summed E-state index contributed by atoms with van der Waals surface area (Å²) < 4.78 is 59.6. The molecule has 1 fully saturated rings. The van der Waals surface area contributed by atoms with E-state index < -0.39 is 45.0 Å². The van der Waals surface area contributed by atoms with Crippen LogP contribution in [0.5, 0.6) is 0 Å². The van der Waals surface area contributed by atoms with Gasteiger partial charge in [0, 0.05) is 0 Å². The Hall–Kier alpha value is -1.20. The van der Waals surface area contributed by atoms with Gasteiger partial charge in [-0.1, -0.05) is 0 Å². The fraction of sp³-hybridized carbons (Fsp3) is 0.600. The number of alkyl halides is 3. The molecule has 1 heterocycles. The third-order valence-electron chi connectivity index (χ3n) is 1.54. The van der Waals surface area contributed by atoms with Gasteiger partial charge in [-0.15, -0.1) is 9.35 Å². The Morgan fingerprint density at radius 3 is 2.19 bits per heavy atom. The Labute approximate surface area is 86.5 Å². The molecule has 0 aromatic rings. The van der Waals surface area contributed by atoms with Gasteiger partial charge < -0.3 is 5.11 Å². The topological polar surface area (TPSA) is 101 Å². The van der Waals surface area contributed by atoms with Crippen molar-refractivity contribution in [2.45, 2.75) is 18.0 Å². The Morgan fingerprint density at radius 2 is 1.88 bits per heavy atom. The number of rotatable bonds is 2. The van der Waals surface area contributed by atoms with Crippen LogP contribution in [-0.4, -0.2) is 42.0 Å². The number of carbonyl (C=O) groups excluding carboxylic acids is 2. The molecule has 16 heavy (non-hydrogen) atoms. The number of imide groups is 1. The number of aliphatic hydroxyl groups is 1. The molecule has 0 radical (unpaired) electrons. The van der Waals surface area contributed by atoms with E-state index in [-0.39, 0.29) is 0 Å². The van der Waals surface area contributed by atoms with Crippen molar-refractivity contribution in [3.8, 4) is 0 Å². The lowest BCUT2D eigenvalue weighted by Crippen LogP contribution is -2.38. The first-order chi connectivity index (χ1) is 7.06. The molecule has 11 heteroatoms. The lowest BCUT2D eigenvalue weighted by atomic mass is 10.3. The van der Waals surface area contributed by atoms with E-state index in [2.05, 4.69) is 4.28 Å². The molecule has 2 amide bonds. The van der Waals surface area contributed by atoms with Gasteiger partial charge in [0.1, 0.15) is 6.10 Å². The van der Waals surface area contributed by atoms with E-state index in [1.165, 1.54) is 0 Å². The van der Waals surface area contributed by atoms with Crippen LogP contribution in [0.1, 0.15) is 6.42 Å². The van der Waals surface area contributed by atoms with Crippen molar-refractivity contribution in [2.24, 2.45) is 0 Å². The van der Waals surface area contributed by atoms with Gasteiger partial charge in [0.15, 0.2) is 0 Å². The van der Waals surface area contributed by atoms with Crippen LogP contribution in [-0.2, 0) is 24.0 Å². The maximum absolute atomic E-state index is 11.8. The van der Waals surface area contributed by atoms with Gasteiger partial charge >= 0.3 is 15.6 Å². The van der Waals surface area contributed by atoms with Crippen molar-refractivity contribution in [3.05, 3.63) is 0 Å². The molecule has 1 aliphatic heterocycles. The lowest BCUT2D eigenvalue weighted by molar-refractivity contribution is -0.169. The number of amides is 2. The summed E-state index contributed by atoms with van der Waals surface area (Å²) in [5, 5.41) is 8.15. The average Bonchev–Trinajstić information content (AvgIpc) is 2.30. The molecule has 92 valence electrons. The van der Waals surface area contributed by atoms with Crippen LogP contribution in [0.25, 0.3) is 0 Å². The molecule has 0 spiro atoms. The normalized spacial score (nSPS) is 23.0. The summed E-state index contributed by atoms with van der Waals surface area (Å²) in [6.45, 7) is 0. The Balaban J connectivity index is 2.92. The van der Waals surface area contributed by atoms with E-state index in [4.69, 9.17) is 5.11 Å². The predicted octanol–water partition coefficient (Wildman–Crippen LogP) is -1.11. The number of hydroxylamine groups is 2. The van der Waals surface area contributed by atoms with Crippen molar-refractivity contribution >= 4 is 21.9 Å². The van der Waals surface area contributed by atoms with E-state index in [1.54, 1.807) is 0 Å². The second-order valence-corrected chi connectivity index (χ2v) is 4.24. The second kappa shape index (κ2) is 3.68. The largest absolute Gasteiger partial charge is 0.525 e. The SMILES string of the molecule is O=C1CC(O)C(=O)N1OS(=O)(=O)C(F)(F)F. The van der Waals surface area contributed by atoms with Crippen LogP contribution < -0.4 is 0 Å². The molecule has 1 unspecified atom stereocenters.